The molecular weight excluding hydrogens is 448 g/mol. The number of imidazole rings is 1. The van der Waals surface area contributed by atoms with Crippen LogP contribution in [0.4, 0.5) is 0 Å². The van der Waals surface area contributed by atoms with E-state index in [4.69, 9.17) is 17.0 Å². The number of thioether (sulfide) groups is 1. The molecule has 0 aliphatic heterocycles. The number of rotatable bonds is 6. The Bertz CT molecular complexity index is 590. The molecule has 2 rings (SSSR count). The Morgan fingerprint density at radius 1 is 1.41 bits per heavy atom. The monoisotopic (exact) mass is 462 g/mol. The van der Waals surface area contributed by atoms with Crippen LogP contribution in [0.25, 0.3) is 0 Å². The fraction of sp³-hybridized carbons (Fsp3) is 0.333. The van der Waals surface area contributed by atoms with E-state index in [9.17, 15) is 0 Å². The summed E-state index contributed by atoms with van der Waals surface area (Å²) < 4.78 is 9.21. The largest absolute Gasteiger partial charge is 0.479 e. The van der Waals surface area contributed by atoms with Gasteiger partial charge in [0.2, 0.25) is 4.38 Å². The zero-order valence-electron chi connectivity index (χ0n) is 12.0. The summed E-state index contributed by atoms with van der Waals surface area (Å²) in [6.07, 6.45) is 6.44. The van der Waals surface area contributed by atoms with Crippen LogP contribution >= 0.6 is 55.8 Å². The minimum absolute atomic E-state index is 0.0318. The Morgan fingerprint density at radius 2 is 2.14 bits per heavy atom. The van der Waals surface area contributed by atoms with Gasteiger partial charge in [0.05, 0.1) is 18.2 Å². The summed E-state index contributed by atoms with van der Waals surface area (Å²) in [5.74, 6) is 0. The van der Waals surface area contributed by atoms with Crippen LogP contribution < -0.4 is 0 Å². The van der Waals surface area contributed by atoms with Gasteiger partial charge in [0, 0.05) is 16.9 Å². The van der Waals surface area contributed by atoms with Gasteiger partial charge in [-0.2, -0.15) is 0 Å². The van der Waals surface area contributed by atoms with Crippen molar-refractivity contribution in [2.24, 2.45) is 0 Å². The third kappa shape index (κ3) is 5.08. The zero-order chi connectivity index (χ0) is 15.9. The van der Waals surface area contributed by atoms with E-state index in [1.807, 2.05) is 22.9 Å². The molecule has 1 aromatic carbocycles. The zero-order valence-corrected chi connectivity index (χ0v) is 16.8. The highest BCUT2D eigenvalue weighted by atomic mass is 79.9. The van der Waals surface area contributed by atoms with Crippen LogP contribution in [-0.4, -0.2) is 20.5 Å². The van der Waals surface area contributed by atoms with Gasteiger partial charge >= 0.3 is 0 Å². The lowest BCUT2D eigenvalue weighted by atomic mass is 10.1. The molecule has 0 aliphatic rings. The van der Waals surface area contributed by atoms with E-state index in [0.29, 0.717) is 11.0 Å². The number of benzene rings is 1. The van der Waals surface area contributed by atoms with Crippen molar-refractivity contribution >= 4 is 60.2 Å². The van der Waals surface area contributed by atoms with Crippen molar-refractivity contribution in [3.63, 3.8) is 0 Å². The van der Waals surface area contributed by atoms with Crippen molar-refractivity contribution in [2.45, 2.75) is 23.5 Å². The maximum atomic E-state index is 5.57. The Balaban J connectivity index is 2.20. The topological polar surface area (TPSA) is 27.1 Å². The standard InChI is InChI=1S/C15H16Br2N2OS2/c1-2-9-20-15(21)22-13(11-3-5-12(16)6-4-11)14(17)19-8-7-18-10-19/h3-8,10,13-14H,2,9H2,1H3. The van der Waals surface area contributed by atoms with Crippen molar-refractivity contribution in [1.82, 2.24) is 9.55 Å². The molecule has 1 aromatic heterocycles. The number of aromatic nitrogens is 2. The lowest BCUT2D eigenvalue weighted by Crippen LogP contribution is -2.12. The van der Waals surface area contributed by atoms with Crippen LogP contribution in [0.5, 0.6) is 0 Å². The first-order valence-corrected chi connectivity index (χ1v) is 9.82. The first-order chi connectivity index (χ1) is 10.6. The van der Waals surface area contributed by atoms with Crippen LogP contribution in [0.15, 0.2) is 47.5 Å². The SMILES string of the molecule is CCCOC(=S)SC(c1ccc(Br)cc1)C(Br)n1ccnc1. The van der Waals surface area contributed by atoms with Gasteiger partial charge in [-0.05, 0) is 36.3 Å². The van der Waals surface area contributed by atoms with Crippen LogP contribution in [0.3, 0.4) is 0 Å². The average Bonchev–Trinajstić information content (AvgIpc) is 3.05. The van der Waals surface area contributed by atoms with Crippen molar-refractivity contribution in [3.8, 4) is 0 Å². The van der Waals surface area contributed by atoms with E-state index in [-0.39, 0.29) is 10.2 Å². The maximum absolute atomic E-state index is 5.57. The van der Waals surface area contributed by atoms with Crippen LogP contribution in [0.1, 0.15) is 29.1 Å². The molecule has 0 aliphatic carbocycles. The van der Waals surface area contributed by atoms with Crippen LogP contribution in [0, 0.1) is 0 Å². The third-order valence-electron chi connectivity index (χ3n) is 2.91. The Hall–Kier alpha value is -0.370. The second-order valence-corrected chi connectivity index (χ2v) is 8.17. The number of alkyl halides is 1. The van der Waals surface area contributed by atoms with E-state index in [0.717, 1.165) is 10.9 Å². The number of nitrogens with zero attached hydrogens (tertiary/aromatic N) is 2. The third-order valence-corrected chi connectivity index (χ3v) is 6.29. The number of hydrogen-bond donors (Lipinski definition) is 0. The lowest BCUT2D eigenvalue weighted by Gasteiger charge is -2.23. The molecule has 2 unspecified atom stereocenters. The summed E-state index contributed by atoms with van der Waals surface area (Å²) in [5, 5.41) is 0.0895. The average molecular weight is 464 g/mol. The van der Waals surface area contributed by atoms with Crippen molar-refractivity contribution in [1.29, 1.82) is 0 Å². The molecule has 3 nitrogen and oxygen atoms in total. The lowest BCUT2D eigenvalue weighted by molar-refractivity contribution is 0.321. The molecule has 0 bridgehead atoms. The molecule has 0 radical (unpaired) electrons. The van der Waals surface area contributed by atoms with E-state index in [1.54, 1.807) is 24.3 Å². The van der Waals surface area contributed by atoms with Gasteiger partial charge in [-0.15, -0.1) is 0 Å². The Kier molecular flexibility index (Phi) is 7.40. The predicted octanol–water partition coefficient (Wildman–Crippen LogP) is 5.73. The smallest absolute Gasteiger partial charge is 0.220 e. The van der Waals surface area contributed by atoms with Gasteiger partial charge in [-0.1, -0.05) is 62.7 Å². The van der Waals surface area contributed by atoms with Gasteiger partial charge in [0.1, 0.15) is 4.95 Å². The summed E-state index contributed by atoms with van der Waals surface area (Å²) in [4.78, 5) is 4.15. The van der Waals surface area contributed by atoms with E-state index in [1.165, 1.54) is 5.56 Å². The van der Waals surface area contributed by atoms with Gasteiger partial charge in [-0.25, -0.2) is 4.98 Å². The fourth-order valence-electron chi connectivity index (χ4n) is 1.83. The molecular formula is C15H16Br2N2OS2. The minimum atomic E-state index is 0.0318. The molecule has 0 saturated heterocycles. The van der Waals surface area contributed by atoms with E-state index >= 15 is 0 Å². The molecule has 7 heteroatoms. The number of hydrogen-bond acceptors (Lipinski definition) is 4. The quantitative estimate of drug-likeness (QED) is 0.404. The molecule has 1 heterocycles. The van der Waals surface area contributed by atoms with E-state index in [2.05, 4.69) is 55.9 Å². The van der Waals surface area contributed by atoms with Gasteiger partial charge in [0.25, 0.3) is 0 Å². The molecule has 0 saturated carbocycles. The number of halogens is 2. The van der Waals surface area contributed by atoms with E-state index < -0.39 is 0 Å². The van der Waals surface area contributed by atoms with Crippen LogP contribution in [0.2, 0.25) is 0 Å². The molecule has 0 amide bonds. The van der Waals surface area contributed by atoms with Crippen LogP contribution in [-0.2, 0) is 4.74 Å². The van der Waals surface area contributed by atoms with Gasteiger partial charge in [-0.3, -0.25) is 0 Å². The molecule has 0 spiro atoms. The highest BCUT2D eigenvalue weighted by Crippen LogP contribution is 2.43. The van der Waals surface area contributed by atoms with Crippen molar-refractivity contribution in [2.75, 3.05) is 6.61 Å². The summed E-state index contributed by atoms with van der Waals surface area (Å²) in [6.45, 7) is 2.72. The molecule has 0 fully saturated rings. The highest BCUT2D eigenvalue weighted by Gasteiger charge is 2.25. The summed E-state index contributed by atoms with van der Waals surface area (Å²) in [5.41, 5.74) is 1.17. The molecule has 118 valence electrons. The molecule has 22 heavy (non-hydrogen) atoms. The van der Waals surface area contributed by atoms with Gasteiger partial charge in [0.15, 0.2) is 0 Å². The highest BCUT2D eigenvalue weighted by molar-refractivity contribution is 9.10. The summed E-state index contributed by atoms with van der Waals surface area (Å²) in [6, 6.07) is 8.25. The predicted molar refractivity (Wildman–Crippen MR) is 104 cm³/mol. The van der Waals surface area contributed by atoms with Crippen molar-refractivity contribution < 1.29 is 4.74 Å². The minimum Gasteiger partial charge on any atom is -0.479 e. The molecule has 2 aromatic rings. The summed E-state index contributed by atoms with van der Waals surface area (Å²) >= 11 is 14.1. The normalized spacial score (nSPS) is 13.6. The first-order valence-electron chi connectivity index (χ1n) is 6.82. The number of thiocarbonyl (C=S) groups is 1. The maximum Gasteiger partial charge on any atom is 0.220 e. The van der Waals surface area contributed by atoms with Gasteiger partial charge < -0.3 is 9.30 Å². The second-order valence-electron chi connectivity index (χ2n) is 4.57. The fourth-order valence-corrected chi connectivity index (χ4v) is 4.26. The molecule has 2 atom stereocenters. The summed E-state index contributed by atoms with van der Waals surface area (Å²) in [7, 11) is 0. The first kappa shape index (κ1) is 18.0. The number of ether oxygens (including phenoxy) is 1. The Labute approximate surface area is 157 Å². The van der Waals surface area contributed by atoms with Crippen molar-refractivity contribution in [3.05, 3.63) is 53.0 Å². The Morgan fingerprint density at radius 3 is 2.73 bits per heavy atom. The molecule has 0 N–H and O–H groups in total. The second kappa shape index (κ2) is 9.05.